The van der Waals surface area contributed by atoms with Crippen molar-refractivity contribution in [2.45, 2.75) is 25.3 Å². The van der Waals surface area contributed by atoms with E-state index >= 15 is 0 Å². The van der Waals surface area contributed by atoms with Gasteiger partial charge in [0, 0.05) is 16.8 Å². The summed E-state index contributed by atoms with van der Waals surface area (Å²) in [7, 11) is -1.09. The summed E-state index contributed by atoms with van der Waals surface area (Å²) >= 11 is 3.33. The Labute approximate surface area is 129 Å². The molecule has 0 saturated carbocycles. The first kappa shape index (κ1) is 17.1. The number of hydrogen-bond acceptors (Lipinski definition) is 3. The molecule has 1 rings (SSSR count). The number of carbonyl (C=O) groups is 1. The zero-order valence-corrected chi connectivity index (χ0v) is 13.5. The maximum atomic E-state index is 11.7. The topological polar surface area (TPSA) is 92.4 Å². The zero-order valence-electron chi connectivity index (χ0n) is 11.0. The minimum atomic E-state index is -1.09. The van der Waals surface area contributed by atoms with Crippen LogP contribution in [0.3, 0.4) is 0 Å². The lowest BCUT2D eigenvalue weighted by Crippen LogP contribution is -2.32. The molecule has 0 spiro atoms. The van der Waals surface area contributed by atoms with E-state index in [9.17, 15) is 9.00 Å². The Morgan fingerprint density at radius 3 is 2.55 bits per heavy atom. The lowest BCUT2D eigenvalue weighted by Gasteiger charge is -2.09. The maximum absolute atomic E-state index is 11.7. The first-order valence-electron chi connectivity index (χ1n) is 6.31. The van der Waals surface area contributed by atoms with Crippen LogP contribution in [0.4, 0.5) is 5.69 Å². The van der Waals surface area contributed by atoms with Crippen molar-refractivity contribution in [3.8, 4) is 0 Å². The van der Waals surface area contributed by atoms with Crippen molar-refractivity contribution in [1.82, 2.24) is 0 Å². The van der Waals surface area contributed by atoms with Gasteiger partial charge in [0.25, 0.3) is 0 Å². The molecule has 0 aromatic heterocycles. The number of hydrogen-bond donors (Lipinski definition) is 3. The molecule has 0 fully saturated rings. The largest absolute Gasteiger partial charge is 0.480 e. The second-order valence-corrected chi connectivity index (χ2v) is 6.49. The zero-order chi connectivity index (χ0) is 15.0. The van der Waals surface area contributed by atoms with E-state index in [2.05, 4.69) is 20.7 Å². The molecule has 112 valence electrons. The second kappa shape index (κ2) is 9.10. The average molecular weight is 363 g/mol. The number of nitrogens with two attached hydrogens (primary N) is 1. The van der Waals surface area contributed by atoms with Gasteiger partial charge in [-0.05, 0) is 37.0 Å². The number of carboxylic acids is 1. The van der Waals surface area contributed by atoms with E-state index in [0.717, 1.165) is 29.4 Å². The molecule has 1 aromatic rings. The van der Waals surface area contributed by atoms with Gasteiger partial charge in [-0.15, -0.1) is 0 Å². The Morgan fingerprint density at radius 2 is 2.00 bits per heavy atom. The third-order valence-electron chi connectivity index (χ3n) is 2.67. The average Bonchev–Trinajstić information content (AvgIpc) is 2.41. The predicted octanol–water partition coefficient (Wildman–Crippen LogP) is 1.89. The Morgan fingerprint density at radius 1 is 1.35 bits per heavy atom. The summed E-state index contributed by atoms with van der Waals surface area (Å²) in [5, 5.41) is 9.66. The third-order valence-corrected chi connectivity index (χ3v) is 4.36. The van der Waals surface area contributed by atoms with Crippen molar-refractivity contribution in [2.75, 3.05) is 15.8 Å². The highest BCUT2D eigenvalue weighted by Gasteiger charge is 2.11. The van der Waals surface area contributed by atoms with Crippen LogP contribution in [0.15, 0.2) is 24.3 Å². The molecule has 2 atom stereocenters. The minimum absolute atomic E-state index is 0.282. The molecule has 0 amide bonds. The molecule has 0 saturated heterocycles. The maximum Gasteiger partial charge on any atom is 0.320 e. The van der Waals surface area contributed by atoms with Gasteiger partial charge in [-0.1, -0.05) is 28.1 Å². The van der Waals surface area contributed by atoms with Gasteiger partial charge in [-0.2, -0.15) is 0 Å². The van der Waals surface area contributed by atoms with E-state index in [-0.39, 0.29) is 6.42 Å². The lowest BCUT2D eigenvalue weighted by atomic mass is 10.1. The molecule has 0 bridgehead atoms. The van der Waals surface area contributed by atoms with E-state index in [0.29, 0.717) is 5.75 Å². The van der Waals surface area contributed by atoms with Gasteiger partial charge in [-0.25, -0.2) is 4.21 Å². The molecule has 0 aliphatic carbocycles. The quantitative estimate of drug-likeness (QED) is 0.462. The molecule has 20 heavy (non-hydrogen) atoms. The van der Waals surface area contributed by atoms with Crippen LogP contribution in [0.1, 0.15) is 18.4 Å². The number of anilines is 1. The first-order chi connectivity index (χ1) is 9.52. The van der Waals surface area contributed by atoms with Gasteiger partial charge in [0.2, 0.25) is 0 Å². The molecular weight excluding hydrogens is 344 g/mol. The summed E-state index contributed by atoms with van der Waals surface area (Å²) < 4.78 is 14.6. The van der Waals surface area contributed by atoms with Crippen LogP contribution in [0.5, 0.6) is 0 Å². The predicted molar refractivity (Wildman–Crippen MR) is 85.4 cm³/mol. The highest BCUT2D eigenvalue weighted by molar-refractivity contribution is 9.09. The van der Waals surface area contributed by atoms with Gasteiger partial charge < -0.3 is 15.6 Å². The van der Waals surface area contributed by atoms with E-state index in [1.807, 2.05) is 0 Å². The Hall–Kier alpha value is -0.920. The van der Waals surface area contributed by atoms with Gasteiger partial charge in [0.1, 0.15) is 17.0 Å². The van der Waals surface area contributed by atoms with Crippen LogP contribution < -0.4 is 10.5 Å². The number of benzene rings is 1. The lowest BCUT2D eigenvalue weighted by molar-refractivity contribution is -0.138. The van der Waals surface area contributed by atoms with Crippen LogP contribution in [0.25, 0.3) is 0 Å². The normalized spacial score (nSPS) is 13.7. The standard InChI is InChI=1S/C13H19BrN2O3S/c14-7-1-2-8-20(19)16-11-5-3-10(4-6-11)9-12(15)13(17)18/h3-6,12,16H,1-2,7-9,15H2,(H,17,18)/t12-,20?/m0/s1. The highest BCUT2D eigenvalue weighted by Crippen LogP contribution is 2.12. The third kappa shape index (κ3) is 6.49. The fourth-order valence-electron chi connectivity index (χ4n) is 1.56. The number of alkyl halides is 1. The molecule has 0 aliphatic heterocycles. The van der Waals surface area contributed by atoms with Crippen molar-refractivity contribution < 1.29 is 14.1 Å². The van der Waals surface area contributed by atoms with Gasteiger partial charge in [-0.3, -0.25) is 4.79 Å². The molecule has 1 unspecified atom stereocenters. The number of nitrogens with one attached hydrogen (secondary N) is 1. The number of aliphatic carboxylic acids is 1. The Kier molecular flexibility index (Phi) is 7.79. The van der Waals surface area contributed by atoms with Crippen molar-refractivity contribution in [3.05, 3.63) is 29.8 Å². The monoisotopic (exact) mass is 362 g/mol. The van der Waals surface area contributed by atoms with E-state index < -0.39 is 23.0 Å². The van der Waals surface area contributed by atoms with Crippen LogP contribution in [-0.4, -0.2) is 32.4 Å². The minimum Gasteiger partial charge on any atom is -0.480 e. The first-order valence-corrected chi connectivity index (χ1v) is 8.75. The van der Waals surface area contributed by atoms with Gasteiger partial charge in [0.15, 0.2) is 0 Å². The molecule has 0 radical (unpaired) electrons. The van der Waals surface area contributed by atoms with Crippen molar-refractivity contribution in [3.63, 3.8) is 0 Å². The summed E-state index contributed by atoms with van der Waals surface area (Å²) in [4.78, 5) is 10.7. The van der Waals surface area contributed by atoms with Crippen molar-refractivity contribution in [1.29, 1.82) is 0 Å². The number of carboxylic acid groups (broad SMARTS) is 1. The van der Waals surface area contributed by atoms with E-state index in [4.69, 9.17) is 10.8 Å². The summed E-state index contributed by atoms with van der Waals surface area (Å²) in [5.41, 5.74) is 7.07. The number of unbranched alkanes of at least 4 members (excludes halogenated alkanes) is 1. The van der Waals surface area contributed by atoms with Gasteiger partial charge >= 0.3 is 5.97 Å². The summed E-state index contributed by atoms with van der Waals surface area (Å²) in [5.74, 6) is -0.405. The van der Waals surface area contributed by atoms with E-state index in [1.165, 1.54) is 0 Å². The molecule has 7 heteroatoms. The van der Waals surface area contributed by atoms with Crippen LogP contribution in [-0.2, 0) is 22.2 Å². The highest BCUT2D eigenvalue weighted by atomic mass is 79.9. The smallest absolute Gasteiger partial charge is 0.320 e. The summed E-state index contributed by atoms with van der Waals surface area (Å²) in [6.07, 6.45) is 2.18. The molecule has 5 nitrogen and oxygen atoms in total. The molecule has 4 N–H and O–H groups in total. The Balaban J connectivity index is 2.46. The van der Waals surface area contributed by atoms with Crippen molar-refractivity contribution >= 4 is 38.6 Å². The van der Waals surface area contributed by atoms with Crippen LogP contribution in [0, 0.1) is 0 Å². The number of rotatable bonds is 9. The van der Waals surface area contributed by atoms with Crippen LogP contribution in [0.2, 0.25) is 0 Å². The van der Waals surface area contributed by atoms with Crippen molar-refractivity contribution in [2.24, 2.45) is 5.73 Å². The molecule has 1 aromatic carbocycles. The second-order valence-electron chi connectivity index (χ2n) is 4.39. The molecule has 0 heterocycles. The fourth-order valence-corrected chi connectivity index (χ4v) is 2.92. The Bertz CT molecular complexity index is 453. The molecule has 0 aliphatic rings. The van der Waals surface area contributed by atoms with Crippen LogP contribution >= 0.6 is 15.9 Å². The molecular formula is C13H19BrN2O3S. The van der Waals surface area contributed by atoms with Gasteiger partial charge in [0.05, 0.1) is 0 Å². The SMILES string of the molecule is N[C@@H](Cc1ccc(NS(=O)CCCCBr)cc1)C(=O)O. The fraction of sp³-hybridized carbons (Fsp3) is 0.462. The van der Waals surface area contributed by atoms with E-state index in [1.54, 1.807) is 24.3 Å². The summed E-state index contributed by atoms with van der Waals surface area (Å²) in [6.45, 7) is 0. The summed E-state index contributed by atoms with van der Waals surface area (Å²) in [6, 6.07) is 6.26. The number of halogens is 1.